The highest BCUT2D eigenvalue weighted by Gasteiger charge is 2.33. The van der Waals surface area contributed by atoms with Crippen LogP contribution >= 0.6 is 11.3 Å². The maximum absolute atomic E-state index is 12.5. The molecule has 1 aliphatic heterocycles. The number of methoxy groups -OCH3 is 2. The zero-order chi connectivity index (χ0) is 22.2. The number of benzene rings is 1. The molecule has 1 unspecified atom stereocenters. The largest absolute Gasteiger partial charge is 0.493 e. The van der Waals surface area contributed by atoms with Crippen molar-refractivity contribution in [3.8, 4) is 11.5 Å². The standard InChI is InChI=1S/C23H31N3O4S/c1-16-15-31-21(25-16)6-4-5-10-24-23(28)18-13-22(27)26(14-18)11-9-17-7-8-19(29-2)20(12-17)30-3/h7-8,12,15,18H,4-6,9-11,13-14H2,1-3H3,(H,24,28). The van der Waals surface area contributed by atoms with Crippen LogP contribution in [-0.2, 0) is 22.4 Å². The fourth-order valence-corrected chi connectivity index (χ4v) is 4.56. The smallest absolute Gasteiger partial charge is 0.225 e. The summed E-state index contributed by atoms with van der Waals surface area (Å²) in [4.78, 5) is 31.1. The highest BCUT2D eigenvalue weighted by atomic mass is 32.1. The monoisotopic (exact) mass is 445 g/mol. The first-order valence-corrected chi connectivity index (χ1v) is 11.6. The second-order valence-corrected chi connectivity index (χ2v) is 8.75. The molecule has 3 rings (SSSR count). The third-order valence-corrected chi connectivity index (χ3v) is 6.51. The highest BCUT2D eigenvalue weighted by Crippen LogP contribution is 2.28. The van der Waals surface area contributed by atoms with Gasteiger partial charge in [0.05, 0.1) is 25.1 Å². The van der Waals surface area contributed by atoms with E-state index >= 15 is 0 Å². The summed E-state index contributed by atoms with van der Waals surface area (Å²) >= 11 is 1.69. The van der Waals surface area contributed by atoms with Gasteiger partial charge in [0.2, 0.25) is 11.8 Å². The molecule has 2 aromatic rings. The van der Waals surface area contributed by atoms with E-state index in [2.05, 4.69) is 15.7 Å². The third kappa shape index (κ3) is 6.43. The van der Waals surface area contributed by atoms with Crippen molar-refractivity contribution in [2.75, 3.05) is 33.9 Å². The van der Waals surface area contributed by atoms with E-state index in [0.29, 0.717) is 37.6 Å². The van der Waals surface area contributed by atoms with Crippen molar-refractivity contribution in [1.29, 1.82) is 0 Å². The number of hydrogen-bond donors (Lipinski definition) is 1. The Balaban J connectivity index is 1.38. The summed E-state index contributed by atoms with van der Waals surface area (Å²) in [6, 6.07) is 5.77. The van der Waals surface area contributed by atoms with Crippen LogP contribution in [0.4, 0.5) is 0 Å². The average Bonchev–Trinajstić information content (AvgIpc) is 3.36. The Morgan fingerprint density at radius 3 is 2.74 bits per heavy atom. The number of carbonyl (C=O) groups excluding carboxylic acids is 2. The number of thiazole rings is 1. The molecule has 1 fully saturated rings. The molecule has 1 aliphatic rings. The molecule has 1 N–H and O–H groups in total. The van der Waals surface area contributed by atoms with Crippen LogP contribution in [0.25, 0.3) is 0 Å². The second-order valence-electron chi connectivity index (χ2n) is 7.81. The number of nitrogens with one attached hydrogen (secondary N) is 1. The van der Waals surface area contributed by atoms with Crippen LogP contribution in [0.5, 0.6) is 11.5 Å². The van der Waals surface area contributed by atoms with Gasteiger partial charge in [-0.15, -0.1) is 11.3 Å². The van der Waals surface area contributed by atoms with Crippen LogP contribution in [0.15, 0.2) is 23.6 Å². The topological polar surface area (TPSA) is 80.8 Å². The number of carbonyl (C=O) groups is 2. The van der Waals surface area contributed by atoms with Crippen molar-refractivity contribution in [1.82, 2.24) is 15.2 Å². The summed E-state index contributed by atoms with van der Waals surface area (Å²) in [6.45, 7) is 3.71. The van der Waals surface area contributed by atoms with Crippen molar-refractivity contribution in [3.63, 3.8) is 0 Å². The summed E-state index contributed by atoms with van der Waals surface area (Å²) in [5, 5.41) is 6.20. The molecule has 2 heterocycles. The average molecular weight is 446 g/mol. The number of nitrogens with zero attached hydrogens (tertiary/aromatic N) is 2. The number of rotatable bonds is 11. The van der Waals surface area contributed by atoms with Crippen molar-refractivity contribution in [2.24, 2.45) is 5.92 Å². The fraction of sp³-hybridized carbons (Fsp3) is 0.522. The van der Waals surface area contributed by atoms with Gasteiger partial charge in [-0.1, -0.05) is 6.07 Å². The number of aryl methyl sites for hydroxylation is 2. The number of aromatic nitrogens is 1. The van der Waals surface area contributed by atoms with Crippen LogP contribution in [0, 0.1) is 12.8 Å². The van der Waals surface area contributed by atoms with E-state index in [1.165, 1.54) is 0 Å². The molecule has 1 aromatic carbocycles. The molecule has 0 saturated carbocycles. The SMILES string of the molecule is COc1ccc(CCN2CC(C(=O)NCCCCc3nc(C)cs3)CC2=O)cc1OC. The Kier molecular flexibility index (Phi) is 8.28. The predicted molar refractivity (Wildman–Crippen MR) is 121 cm³/mol. The molecule has 1 atom stereocenters. The lowest BCUT2D eigenvalue weighted by Gasteiger charge is -2.17. The molecule has 2 amide bonds. The predicted octanol–water partition coefficient (Wildman–Crippen LogP) is 3.00. The summed E-state index contributed by atoms with van der Waals surface area (Å²) < 4.78 is 10.6. The molecule has 0 aliphatic carbocycles. The van der Waals surface area contributed by atoms with Gasteiger partial charge in [0.1, 0.15) is 0 Å². The van der Waals surface area contributed by atoms with Gasteiger partial charge in [-0.05, 0) is 50.3 Å². The van der Waals surface area contributed by atoms with Crippen LogP contribution in [-0.4, -0.2) is 55.6 Å². The molecule has 168 valence electrons. The molecular formula is C23H31N3O4S. The molecule has 31 heavy (non-hydrogen) atoms. The van der Waals surface area contributed by atoms with E-state index in [1.807, 2.05) is 25.1 Å². The van der Waals surface area contributed by atoms with Gasteiger partial charge in [0.25, 0.3) is 0 Å². The minimum atomic E-state index is -0.264. The quantitative estimate of drug-likeness (QED) is 0.538. The molecule has 0 bridgehead atoms. The number of amides is 2. The zero-order valence-corrected chi connectivity index (χ0v) is 19.3. The maximum atomic E-state index is 12.5. The second kappa shape index (κ2) is 11.1. The van der Waals surface area contributed by atoms with E-state index in [1.54, 1.807) is 30.5 Å². The Morgan fingerprint density at radius 2 is 2.03 bits per heavy atom. The minimum Gasteiger partial charge on any atom is -0.493 e. The lowest BCUT2D eigenvalue weighted by atomic mass is 10.1. The summed E-state index contributed by atoms with van der Waals surface area (Å²) in [6.07, 6.45) is 3.84. The first kappa shape index (κ1) is 23.1. The molecule has 0 radical (unpaired) electrons. The molecule has 1 aromatic heterocycles. The van der Waals surface area contributed by atoms with Crippen LogP contribution in [0.2, 0.25) is 0 Å². The number of likely N-dealkylation sites (tertiary alicyclic amines) is 1. The van der Waals surface area contributed by atoms with Gasteiger partial charge in [-0.3, -0.25) is 9.59 Å². The minimum absolute atomic E-state index is 0.0212. The molecule has 8 heteroatoms. The van der Waals surface area contributed by atoms with Gasteiger partial charge in [0.15, 0.2) is 11.5 Å². The van der Waals surface area contributed by atoms with Gasteiger partial charge in [-0.2, -0.15) is 0 Å². The van der Waals surface area contributed by atoms with Crippen molar-refractivity contribution >= 4 is 23.2 Å². The number of hydrogen-bond acceptors (Lipinski definition) is 6. The summed E-state index contributed by atoms with van der Waals surface area (Å²) in [5.74, 6) is 1.11. The van der Waals surface area contributed by atoms with Gasteiger partial charge >= 0.3 is 0 Å². The Morgan fingerprint density at radius 1 is 1.23 bits per heavy atom. The molecule has 1 saturated heterocycles. The number of ether oxygens (including phenoxy) is 2. The lowest BCUT2D eigenvalue weighted by Crippen LogP contribution is -2.34. The van der Waals surface area contributed by atoms with Crippen molar-refractivity contribution in [2.45, 2.75) is 39.0 Å². The van der Waals surface area contributed by atoms with E-state index in [0.717, 1.165) is 35.5 Å². The Labute approximate surface area is 187 Å². The van der Waals surface area contributed by atoms with Crippen molar-refractivity contribution in [3.05, 3.63) is 39.8 Å². The fourth-order valence-electron chi connectivity index (χ4n) is 3.74. The zero-order valence-electron chi connectivity index (χ0n) is 18.5. The van der Waals surface area contributed by atoms with Gasteiger partial charge in [0, 0.05) is 37.1 Å². The van der Waals surface area contributed by atoms with E-state index in [-0.39, 0.29) is 24.2 Å². The molecular weight excluding hydrogens is 414 g/mol. The van der Waals surface area contributed by atoms with E-state index < -0.39 is 0 Å². The molecule has 7 nitrogen and oxygen atoms in total. The van der Waals surface area contributed by atoms with E-state index in [4.69, 9.17) is 9.47 Å². The van der Waals surface area contributed by atoms with Gasteiger partial charge in [-0.25, -0.2) is 4.98 Å². The summed E-state index contributed by atoms with van der Waals surface area (Å²) in [5.41, 5.74) is 2.13. The molecule has 0 spiro atoms. The Bertz CT molecular complexity index is 899. The van der Waals surface area contributed by atoms with Crippen LogP contribution in [0.3, 0.4) is 0 Å². The van der Waals surface area contributed by atoms with Gasteiger partial charge < -0.3 is 19.7 Å². The lowest BCUT2D eigenvalue weighted by molar-refractivity contribution is -0.129. The Hall–Kier alpha value is -2.61. The first-order valence-electron chi connectivity index (χ1n) is 10.7. The third-order valence-electron chi connectivity index (χ3n) is 5.49. The normalized spacial score (nSPS) is 15.9. The van der Waals surface area contributed by atoms with Crippen molar-refractivity contribution < 1.29 is 19.1 Å². The highest BCUT2D eigenvalue weighted by molar-refractivity contribution is 7.09. The van der Waals surface area contributed by atoms with Crippen LogP contribution < -0.4 is 14.8 Å². The van der Waals surface area contributed by atoms with Crippen LogP contribution in [0.1, 0.15) is 35.5 Å². The summed E-state index contributed by atoms with van der Waals surface area (Å²) in [7, 11) is 3.21. The maximum Gasteiger partial charge on any atom is 0.225 e. The van der Waals surface area contributed by atoms with E-state index in [9.17, 15) is 9.59 Å². The number of unbranched alkanes of at least 4 members (excludes halogenated alkanes) is 1. The first-order chi connectivity index (χ1) is 15.0.